The second-order valence-corrected chi connectivity index (χ2v) is 6.43. The summed E-state index contributed by atoms with van der Waals surface area (Å²) in [6.45, 7) is 7.30. The molecule has 6 nitrogen and oxygen atoms in total. The average molecular weight is 335 g/mol. The summed E-state index contributed by atoms with van der Waals surface area (Å²) in [5, 5.41) is 14.2. The van der Waals surface area contributed by atoms with E-state index in [1.165, 1.54) is 0 Å². The molecule has 0 aliphatic rings. The van der Waals surface area contributed by atoms with Crippen LogP contribution in [0.2, 0.25) is 5.02 Å². The first-order valence-corrected chi connectivity index (χ1v) is 7.48. The molecule has 2 aromatic rings. The van der Waals surface area contributed by atoms with Crippen LogP contribution >= 0.6 is 11.6 Å². The number of nitrogens with zero attached hydrogens (tertiary/aromatic N) is 2. The van der Waals surface area contributed by atoms with Crippen LogP contribution in [-0.4, -0.2) is 21.9 Å². The Morgan fingerprint density at radius 1 is 1.13 bits per heavy atom. The lowest BCUT2D eigenvalue weighted by Gasteiger charge is -2.19. The molecule has 7 heteroatoms. The number of hydrogen-bond acceptors (Lipinski definition) is 5. The van der Waals surface area contributed by atoms with Gasteiger partial charge < -0.3 is 10.1 Å². The first kappa shape index (κ1) is 17.0. The molecule has 0 spiro atoms. The number of rotatable bonds is 3. The summed E-state index contributed by atoms with van der Waals surface area (Å²) in [5.41, 5.74) is 1.24. The van der Waals surface area contributed by atoms with Crippen molar-refractivity contribution in [2.45, 2.75) is 33.3 Å². The van der Waals surface area contributed by atoms with E-state index in [-0.39, 0.29) is 0 Å². The third-order valence-electron chi connectivity index (χ3n) is 2.74. The van der Waals surface area contributed by atoms with Gasteiger partial charge in [-0.2, -0.15) is 0 Å². The molecule has 2 rings (SSSR count). The number of halogens is 1. The van der Waals surface area contributed by atoms with Crippen LogP contribution in [-0.2, 0) is 4.74 Å². The Morgan fingerprint density at radius 2 is 1.78 bits per heavy atom. The molecule has 0 fully saturated rings. The smallest absolute Gasteiger partial charge is 0.413 e. The van der Waals surface area contributed by atoms with E-state index in [4.69, 9.17) is 16.3 Å². The van der Waals surface area contributed by atoms with Gasteiger partial charge in [-0.15, -0.1) is 10.2 Å². The number of carbonyl (C=O) groups is 1. The maximum atomic E-state index is 11.6. The van der Waals surface area contributed by atoms with E-state index in [9.17, 15) is 4.79 Å². The van der Waals surface area contributed by atoms with Gasteiger partial charge in [-0.1, -0.05) is 17.7 Å². The minimum Gasteiger partial charge on any atom is -0.444 e. The van der Waals surface area contributed by atoms with Crippen molar-refractivity contribution in [3.05, 3.63) is 40.9 Å². The maximum Gasteiger partial charge on any atom is 0.413 e. The SMILES string of the molecule is Cc1ccc(Nc2ccc(NC(=O)OC(C)(C)C)nn2)cc1Cl. The number of hydrogen-bond donors (Lipinski definition) is 2. The third-order valence-corrected chi connectivity index (χ3v) is 3.14. The molecule has 122 valence electrons. The van der Waals surface area contributed by atoms with Gasteiger partial charge in [0.15, 0.2) is 11.6 Å². The summed E-state index contributed by atoms with van der Waals surface area (Å²) in [6.07, 6.45) is -0.571. The molecule has 0 bridgehead atoms. The van der Waals surface area contributed by atoms with E-state index in [1.54, 1.807) is 32.9 Å². The number of aromatic nitrogens is 2. The zero-order chi connectivity index (χ0) is 17.0. The number of benzene rings is 1. The van der Waals surface area contributed by atoms with Crippen LogP contribution in [0.25, 0.3) is 0 Å². The molecule has 1 aromatic carbocycles. The molecule has 0 saturated carbocycles. The van der Waals surface area contributed by atoms with Gasteiger partial charge in [0.1, 0.15) is 5.60 Å². The Hall–Kier alpha value is -2.34. The van der Waals surface area contributed by atoms with Crippen LogP contribution in [0.4, 0.5) is 22.1 Å². The Balaban J connectivity index is 1.99. The lowest BCUT2D eigenvalue weighted by molar-refractivity contribution is 0.0635. The largest absolute Gasteiger partial charge is 0.444 e. The van der Waals surface area contributed by atoms with Crippen molar-refractivity contribution in [1.82, 2.24) is 10.2 Å². The second-order valence-electron chi connectivity index (χ2n) is 6.02. The minimum absolute atomic E-state index is 0.312. The molecule has 23 heavy (non-hydrogen) atoms. The summed E-state index contributed by atoms with van der Waals surface area (Å²) in [7, 11) is 0. The highest BCUT2D eigenvalue weighted by Crippen LogP contribution is 2.22. The standard InChI is InChI=1S/C16H19ClN4O2/c1-10-5-6-11(9-12(10)17)18-13-7-8-14(21-20-13)19-15(22)23-16(2,3)4/h5-9H,1-4H3,(H,18,20)(H,19,21,22). The summed E-state index contributed by atoms with van der Waals surface area (Å²) in [4.78, 5) is 11.6. The molecule has 1 aromatic heterocycles. The lowest BCUT2D eigenvalue weighted by Crippen LogP contribution is -2.27. The first-order chi connectivity index (χ1) is 10.7. The Morgan fingerprint density at radius 3 is 2.35 bits per heavy atom. The fourth-order valence-corrected chi connectivity index (χ4v) is 1.87. The van der Waals surface area contributed by atoms with Crippen LogP contribution in [0.5, 0.6) is 0 Å². The van der Waals surface area contributed by atoms with Crippen LogP contribution in [0.15, 0.2) is 30.3 Å². The zero-order valence-corrected chi connectivity index (χ0v) is 14.2. The molecule has 1 amide bonds. The predicted octanol–water partition coefficient (Wildman–Crippen LogP) is 4.53. The number of ether oxygens (including phenoxy) is 1. The fraction of sp³-hybridized carbons (Fsp3) is 0.312. The normalized spacial score (nSPS) is 11.0. The summed E-state index contributed by atoms with van der Waals surface area (Å²) in [5.74, 6) is 0.853. The monoisotopic (exact) mass is 334 g/mol. The molecule has 2 N–H and O–H groups in total. The molecule has 0 aliphatic carbocycles. The van der Waals surface area contributed by atoms with Crippen LogP contribution < -0.4 is 10.6 Å². The predicted molar refractivity (Wildman–Crippen MR) is 91.4 cm³/mol. The Kier molecular flexibility index (Phi) is 5.05. The van der Waals surface area contributed by atoms with Gasteiger partial charge in [-0.25, -0.2) is 4.79 Å². The van der Waals surface area contributed by atoms with Crippen molar-refractivity contribution in [1.29, 1.82) is 0 Å². The fourth-order valence-electron chi connectivity index (χ4n) is 1.69. The maximum absolute atomic E-state index is 11.6. The number of anilines is 3. The van der Waals surface area contributed by atoms with Crippen LogP contribution in [0, 0.1) is 6.92 Å². The van der Waals surface area contributed by atoms with E-state index in [2.05, 4.69) is 20.8 Å². The molecule has 1 heterocycles. The van der Waals surface area contributed by atoms with Crippen LogP contribution in [0.1, 0.15) is 26.3 Å². The van der Waals surface area contributed by atoms with Crippen molar-refractivity contribution in [3.8, 4) is 0 Å². The van der Waals surface area contributed by atoms with Crippen molar-refractivity contribution >= 4 is 35.0 Å². The number of nitrogens with one attached hydrogen (secondary N) is 2. The van der Waals surface area contributed by atoms with Gasteiger partial charge in [0.2, 0.25) is 0 Å². The Bertz CT molecular complexity index is 696. The molecule has 0 atom stereocenters. The van der Waals surface area contributed by atoms with E-state index in [0.717, 1.165) is 11.3 Å². The lowest BCUT2D eigenvalue weighted by atomic mass is 10.2. The van der Waals surface area contributed by atoms with E-state index < -0.39 is 11.7 Å². The van der Waals surface area contributed by atoms with Crippen molar-refractivity contribution < 1.29 is 9.53 Å². The topological polar surface area (TPSA) is 76.1 Å². The van der Waals surface area contributed by atoms with Gasteiger partial charge in [0, 0.05) is 10.7 Å². The van der Waals surface area contributed by atoms with Gasteiger partial charge >= 0.3 is 6.09 Å². The van der Waals surface area contributed by atoms with Gasteiger partial charge in [0.05, 0.1) is 0 Å². The van der Waals surface area contributed by atoms with E-state index in [0.29, 0.717) is 16.7 Å². The molecule has 0 aliphatic heterocycles. The molecule has 0 unspecified atom stereocenters. The highest BCUT2D eigenvalue weighted by molar-refractivity contribution is 6.31. The quantitative estimate of drug-likeness (QED) is 0.862. The second kappa shape index (κ2) is 6.83. The molecular formula is C16H19ClN4O2. The highest BCUT2D eigenvalue weighted by atomic mass is 35.5. The zero-order valence-electron chi connectivity index (χ0n) is 13.5. The molecular weight excluding hydrogens is 316 g/mol. The highest BCUT2D eigenvalue weighted by Gasteiger charge is 2.16. The van der Waals surface area contributed by atoms with E-state index >= 15 is 0 Å². The third kappa shape index (κ3) is 5.41. The number of amides is 1. The van der Waals surface area contributed by atoms with Crippen molar-refractivity contribution in [2.75, 3.05) is 10.6 Å². The average Bonchev–Trinajstić information content (AvgIpc) is 2.43. The van der Waals surface area contributed by atoms with Crippen molar-refractivity contribution in [3.63, 3.8) is 0 Å². The van der Waals surface area contributed by atoms with Gasteiger partial charge in [-0.05, 0) is 57.5 Å². The summed E-state index contributed by atoms with van der Waals surface area (Å²) < 4.78 is 5.14. The number of carbonyl (C=O) groups excluding carboxylic acids is 1. The number of aryl methyl sites for hydroxylation is 1. The minimum atomic E-state index is -0.571. The summed E-state index contributed by atoms with van der Waals surface area (Å²) >= 11 is 6.08. The Labute approximate surface area is 140 Å². The first-order valence-electron chi connectivity index (χ1n) is 7.10. The van der Waals surface area contributed by atoms with E-state index in [1.807, 2.05) is 25.1 Å². The van der Waals surface area contributed by atoms with Crippen molar-refractivity contribution in [2.24, 2.45) is 0 Å². The molecule has 0 radical (unpaired) electrons. The van der Waals surface area contributed by atoms with Crippen LogP contribution in [0.3, 0.4) is 0 Å². The summed E-state index contributed by atoms with van der Waals surface area (Å²) in [6, 6.07) is 8.96. The van der Waals surface area contributed by atoms with Gasteiger partial charge in [0.25, 0.3) is 0 Å². The van der Waals surface area contributed by atoms with Gasteiger partial charge in [-0.3, -0.25) is 5.32 Å². The molecule has 0 saturated heterocycles.